The van der Waals surface area contributed by atoms with Crippen LogP contribution in [0.4, 0.5) is 4.39 Å². The van der Waals surface area contributed by atoms with Crippen molar-refractivity contribution in [2.75, 3.05) is 0 Å². The third-order valence-electron chi connectivity index (χ3n) is 3.08. The van der Waals surface area contributed by atoms with Crippen LogP contribution in [-0.4, -0.2) is 0 Å². The SMILES string of the molecule is CCc1c(F)ccc2c1[C@H](N)CCC2. The van der Waals surface area contributed by atoms with Gasteiger partial charge in [-0.05, 0) is 48.4 Å². The number of halogens is 1. The standard InChI is InChI=1S/C12H16FN/c1-2-9-10(13)7-6-8-4-3-5-11(14)12(8)9/h6-7,11H,2-5,14H2,1H3/t11-/m1/s1. The topological polar surface area (TPSA) is 26.0 Å². The molecule has 14 heavy (non-hydrogen) atoms. The highest BCUT2D eigenvalue weighted by atomic mass is 19.1. The van der Waals surface area contributed by atoms with E-state index in [-0.39, 0.29) is 11.9 Å². The van der Waals surface area contributed by atoms with Gasteiger partial charge < -0.3 is 5.73 Å². The van der Waals surface area contributed by atoms with Gasteiger partial charge in [0.25, 0.3) is 0 Å². The predicted octanol–water partition coefficient (Wildman–Crippen LogP) is 2.72. The zero-order valence-corrected chi connectivity index (χ0v) is 8.52. The summed E-state index contributed by atoms with van der Waals surface area (Å²) in [7, 11) is 0. The molecule has 0 unspecified atom stereocenters. The third-order valence-corrected chi connectivity index (χ3v) is 3.08. The van der Waals surface area contributed by atoms with E-state index in [1.807, 2.05) is 13.0 Å². The second-order valence-electron chi connectivity index (χ2n) is 3.95. The first-order valence-corrected chi connectivity index (χ1v) is 5.29. The molecule has 0 spiro atoms. The van der Waals surface area contributed by atoms with E-state index < -0.39 is 0 Å². The quantitative estimate of drug-likeness (QED) is 0.729. The van der Waals surface area contributed by atoms with E-state index >= 15 is 0 Å². The molecular weight excluding hydrogens is 177 g/mol. The van der Waals surface area contributed by atoms with Gasteiger partial charge in [-0.1, -0.05) is 13.0 Å². The molecule has 0 radical (unpaired) electrons. The lowest BCUT2D eigenvalue weighted by Gasteiger charge is -2.25. The van der Waals surface area contributed by atoms with Crippen LogP contribution in [0.15, 0.2) is 12.1 Å². The number of nitrogens with two attached hydrogens (primary N) is 1. The van der Waals surface area contributed by atoms with Crippen LogP contribution in [0.5, 0.6) is 0 Å². The maximum Gasteiger partial charge on any atom is 0.126 e. The highest BCUT2D eigenvalue weighted by molar-refractivity contribution is 5.40. The minimum Gasteiger partial charge on any atom is -0.324 e. The number of hydrogen-bond donors (Lipinski definition) is 1. The maximum atomic E-state index is 13.5. The molecule has 1 aliphatic carbocycles. The van der Waals surface area contributed by atoms with Crippen molar-refractivity contribution in [1.29, 1.82) is 0 Å². The lowest BCUT2D eigenvalue weighted by molar-refractivity contribution is 0.545. The van der Waals surface area contributed by atoms with Gasteiger partial charge in [0.15, 0.2) is 0 Å². The molecule has 2 rings (SSSR count). The Kier molecular flexibility index (Phi) is 2.55. The molecule has 76 valence electrons. The van der Waals surface area contributed by atoms with E-state index in [4.69, 9.17) is 5.73 Å². The van der Waals surface area contributed by atoms with Gasteiger partial charge >= 0.3 is 0 Å². The summed E-state index contributed by atoms with van der Waals surface area (Å²) >= 11 is 0. The third kappa shape index (κ3) is 1.44. The normalized spacial score (nSPS) is 20.6. The molecule has 0 saturated heterocycles. The molecule has 1 atom stereocenters. The van der Waals surface area contributed by atoms with Gasteiger partial charge in [-0.25, -0.2) is 4.39 Å². The smallest absolute Gasteiger partial charge is 0.126 e. The molecule has 0 fully saturated rings. The van der Waals surface area contributed by atoms with E-state index in [9.17, 15) is 4.39 Å². The highest BCUT2D eigenvalue weighted by Gasteiger charge is 2.21. The van der Waals surface area contributed by atoms with Crippen molar-refractivity contribution in [2.24, 2.45) is 5.73 Å². The van der Waals surface area contributed by atoms with E-state index in [0.717, 1.165) is 36.8 Å². The van der Waals surface area contributed by atoms with Crippen LogP contribution in [0.25, 0.3) is 0 Å². The molecular formula is C12H16FN. The molecule has 2 N–H and O–H groups in total. The second-order valence-corrected chi connectivity index (χ2v) is 3.95. The van der Waals surface area contributed by atoms with Crippen LogP contribution < -0.4 is 5.73 Å². The summed E-state index contributed by atoms with van der Waals surface area (Å²) < 4.78 is 13.5. The van der Waals surface area contributed by atoms with Crippen molar-refractivity contribution in [3.05, 3.63) is 34.6 Å². The van der Waals surface area contributed by atoms with Crippen LogP contribution in [0, 0.1) is 5.82 Å². The number of rotatable bonds is 1. The Bertz CT molecular complexity index is 346. The zero-order valence-electron chi connectivity index (χ0n) is 8.52. The molecule has 1 aromatic carbocycles. The molecule has 1 aliphatic rings. The molecule has 0 amide bonds. The molecule has 2 heteroatoms. The van der Waals surface area contributed by atoms with E-state index in [1.165, 1.54) is 5.56 Å². The van der Waals surface area contributed by atoms with Gasteiger partial charge in [0.2, 0.25) is 0 Å². The fourth-order valence-corrected chi connectivity index (χ4v) is 2.38. The summed E-state index contributed by atoms with van der Waals surface area (Å²) in [6, 6.07) is 3.52. The first-order chi connectivity index (χ1) is 6.74. The second kappa shape index (κ2) is 3.70. The minimum atomic E-state index is -0.0939. The van der Waals surface area contributed by atoms with Gasteiger partial charge in [0.05, 0.1) is 0 Å². The first-order valence-electron chi connectivity index (χ1n) is 5.29. The van der Waals surface area contributed by atoms with Gasteiger partial charge in [-0.2, -0.15) is 0 Å². The molecule has 0 aromatic heterocycles. The Morgan fingerprint density at radius 3 is 3.00 bits per heavy atom. The van der Waals surface area contributed by atoms with Gasteiger partial charge in [-0.15, -0.1) is 0 Å². The van der Waals surface area contributed by atoms with Crippen LogP contribution in [0.3, 0.4) is 0 Å². The fourth-order valence-electron chi connectivity index (χ4n) is 2.38. The van der Waals surface area contributed by atoms with Crippen LogP contribution in [0.2, 0.25) is 0 Å². The van der Waals surface area contributed by atoms with Crippen LogP contribution in [-0.2, 0) is 12.8 Å². The fraction of sp³-hybridized carbons (Fsp3) is 0.500. The van der Waals surface area contributed by atoms with E-state index in [1.54, 1.807) is 6.07 Å². The Morgan fingerprint density at radius 1 is 1.50 bits per heavy atom. The van der Waals surface area contributed by atoms with Crippen LogP contribution in [0.1, 0.15) is 42.5 Å². The molecule has 0 bridgehead atoms. The Morgan fingerprint density at radius 2 is 2.29 bits per heavy atom. The molecule has 0 saturated carbocycles. The first kappa shape index (κ1) is 9.66. The van der Waals surface area contributed by atoms with Crippen molar-refractivity contribution in [3.8, 4) is 0 Å². The summed E-state index contributed by atoms with van der Waals surface area (Å²) in [5.74, 6) is -0.0939. The summed E-state index contributed by atoms with van der Waals surface area (Å²) in [5.41, 5.74) is 9.19. The van der Waals surface area contributed by atoms with E-state index in [0.29, 0.717) is 0 Å². The number of fused-ring (bicyclic) bond motifs is 1. The van der Waals surface area contributed by atoms with E-state index in [2.05, 4.69) is 0 Å². The number of aryl methyl sites for hydroxylation is 1. The highest BCUT2D eigenvalue weighted by Crippen LogP contribution is 2.32. The Hall–Kier alpha value is -0.890. The summed E-state index contributed by atoms with van der Waals surface area (Å²) in [4.78, 5) is 0. The lowest BCUT2D eigenvalue weighted by atomic mass is 9.84. The largest absolute Gasteiger partial charge is 0.324 e. The van der Waals surface area contributed by atoms with Gasteiger partial charge in [-0.3, -0.25) is 0 Å². The number of benzene rings is 1. The van der Waals surface area contributed by atoms with Crippen molar-refractivity contribution in [1.82, 2.24) is 0 Å². The zero-order chi connectivity index (χ0) is 10.1. The summed E-state index contributed by atoms with van der Waals surface area (Å²) in [6.07, 6.45) is 3.91. The maximum absolute atomic E-state index is 13.5. The molecule has 0 aliphatic heterocycles. The van der Waals surface area contributed by atoms with Crippen molar-refractivity contribution in [3.63, 3.8) is 0 Å². The van der Waals surface area contributed by atoms with Crippen LogP contribution >= 0.6 is 0 Å². The molecule has 0 heterocycles. The summed E-state index contributed by atoms with van der Waals surface area (Å²) in [5, 5.41) is 0. The predicted molar refractivity (Wildman–Crippen MR) is 55.6 cm³/mol. The summed E-state index contributed by atoms with van der Waals surface area (Å²) in [6.45, 7) is 1.99. The van der Waals surface area contributed by atoms with Crippen molar-refractivity contribution < 1.29 is 4.39 Å². The number of hydrogen-bond acceptors (Lipinski definition) is 1. The monoisotopic (exact) mass is 193 g/mol. The molecule has 1 aromatic rings. The van der Waals surface area contributed by atoms with Crippen molar-refractivity contribution in [2.45, 2.75) is 38.6 Å². The average Bonchev–Trinajstić information content (AvgIpc) is 2.19. The Balaban J connectivity index is 2.57. The van der Waals surface area contributed by atoms with Gasteiger partial charge in [0, 0.05) is 6.04 Å². The Labute approximate surface area is 84.1 Å². The van der Waals surface area contributed by atoms with Crippen molar-refractivity contribution >= 4 is 0 Å². The average molecular weight is 193 g/mol. The van der Waals surface area contributed by atoms with Gasteiger partial charge in [0.1, 0.15) is 5.82 Å². The lowest BCUT2D eigenvalue weighted by Crippen LogP contribution is -2.20. The molecule has 1 nitrogen and oxygen atoms in total. The minimum absolute atomic E-state index is 0.0457.